The summed E-state index contributed by atoms with van der Waals surface area (Å²) >= 11 is 0. The normalized spacial score (nSPS) is 27.7. The fourth-order valence-corrected chi connectivity index (χ4v) is 2.25. The second-order valence-corrected chi connectivity index (χ2v) is 4.57. The number of carbonyl (C=O) groups is 1. The van der Waals surface area contributed by atoms with Gasteiger partial charge < -0.3 is 9.64 Å². The lowest BCUT2D eigenvalue weighted by Gasteiger charge is -2.18. The van der Waals surface area contributed by atoms with Crippen LogP contribution >= 0.6 is 0 Å². The Balaban J connectivity index is 1.75. The van der Waals surface area contributed by atoms with Gasteiger partial charge in [-0.15, -0.1) is 5.92 Å². The Morgan fingerprint density at radius 3 is 2.94 bits per heavy atom. The molecule has 0 aliphatic carbocycles. The van der Waals surface area contributed by atoms with E-state index in [2.05, 4.69) is 17.2 Å². The van der Waals surface area contributed by atoms with Gasteiger partial charge >= 0.3 is 6.09 Å². The van der Waals surface area contributed by atoms with Crippen molar-refractivity contribution < 1.29 is 9.53 Å². The summed E-state index contributed by atoms with van der Waals surface area (Å²) in [6.45, 7) is 4.45. The highest BCUT2D eigenvalue weighted by atomic mass is 16.6. The maximum absolute atomic E-state index is 11.8. The molecule has 2 fully saturated rings. The standard InChI is InChI=1S/C13H20N2O2/c1-2-3-6-11-9-12(10-14-11)17-13(16)15-7-4-5-8-15/h11-12,14H,2,4-5,7-10H2,1H3/t11-,12+/m1/s1. The van der Waals surface area contributed by atoms with Crippen molar-refractivity contribution in [1.82, 2.24) is 10.2 Å². The van der Waals surface area contributed by atoms with Gasteiger partial charge in [0.05, 0.1) is 6.04 Å². The minimum Gasteiger partial charge on any atom is -0.445 e. The highest BCUT2D eigenvalue weighted by Crippen LogP contribution is 2.14. The molecule has 0 saturated carbocycles. The third-order valence-corrected chi connectivity index (χ3v) is 3.18. The van der Waals surface area contributed by atoms with E-state index in [4.69, 9.17) is 4.74 Å². The molecule has 2 aliphatic rings. The van der Waals surface area contributed by atoms with Gasteiger partial charge in [-0.25, -0.2) is 4.79 Å². The van der Waals surface area contributed by atoms with Crippen LogP contribution in [0.4, 0.5) is 4.79 Å². The molecule has 1 N–H and O–H groups in total. The summed E-state index contributed by atoms with van der Waals surface area (Å²) in [5.41, 5.74) is 0. The molecule has 2 saturated heterocycles. The molecular formula is C13H20N2O2. The molecule has 2 heterocycles. The van der Waals surface area contributed by atoms with E-state index in [0.717, 1.165) is 45.3 Å². The molecule has 0 unspecified atom stereocenters. The SMILES string of the molecule is CCC#C[C@@H]1C[C@H](OC(=O)N2CCCC2)CN1. The Morgan fingerprint density at radius 2 is 2.24 bits per heavy atom. The molecule has 2 rings (SSSR count). The highest BCUT2D eigenvalue weighted by Gasteiger charge is 2.28. The Bertz CT molecular complexity index is 326. The summed E-state index contributed by atoms with van der Waals surface area (Å²) in [7, 11) is 0. The minimum atomic E-state index is -0.154. The first kappa shape index (κ1) is 12.3. The third kappa shape index (κ3) is 3.37. The molecule has 0 aromatic rings. The molecule has 2 aliphatic heterocycles. The van der Waals surface area contributed by atoms with Gasteiger partial charge in [0.1, 0.15) is 6.10 Å². The van der Waals surface area contributed by atoms with Crippen molar-refractivity contribution in [2.75, 3.05) is 19.6 Å². The molecule has 0 aromatic carbocycles. The number of hydrogen-bond donors (Lipinski definition) is 1. The smallest absolute Gasteiger partial charge is 0.410 e. The van der Waals surface area contributed by atoms with Crippen molar-refractivity contribution in [2.45, 2.75) is 44.8 Å². The summed E-state index contributed by atoms with van der Waals surface area (Å²) in [4.78, 5) is 13.6. The van der Waals surface area contributed by atoms with E-state index >= 15 is 0 Å². The van der Waals surface area contributed by atoms with Gasteiger partial charge in [0.25, 0.3) is 0 Å². The molecule has 0 radical (unpaired) electrons. The summed E-state index contributed by atoms with van der Waals surface area (Å²) in [6, 6.07) is 0.186. The Hall–Kier alpha value is -1.21. The largest absolute Gasteiger partial charge is 0.445 e. The fourth-order valence-electron chi connectivity index (χ4n) is 2.25. The van der Waals surface area contributed by atoms with Crippen LogP contribution in [0.1, 0.15) is 32.6 Å². The number of hydrogen-bond acceptors (Lipinski definition) is 3. The number of nitrogens with one attached hydrogen (secondary N) is 1. The average Bonchev–Trinajstić information content (AvgIpc) is 2.97. The summed E-state index contributed by atoms with van der Waals surface area (Å²) in [5, 5.41) is 3.27. The van der Waals surface area contributed by atoms with Crippen molar-refractivity contribution in [1.29, 1.82) is 0 Å². The Kier molecular flexibility index (Phi) is 4.27. The predicted octanol–water partition coefficient (Wildman–Crippen LogP) is 1.36. The van der Waals surface area contributed by atoms with Crippen molar-refractivity contribution in [3.05, 3.63) is 0 Å². The Labute approximate surface area is 103 Å². The van der Waals surface area contributed by atoms with E-state index in [1.165, 1.54) is 0 Å². The van der Waals surface area contributed by atoms with Gasteiger partial charge in [0.2, 0.25) is 0 Å². The summed E-state index contributed by atoms with van der Waals surface area (Å²) in [5.74, 6) is 6.19. The number of rotatable bonds is 1. The topological polar surface area (TPSA) is 41.6 Å². The molecule has 17 heavy (non-hydrogen) atoms. The second-order valence-electron chi connectivity index (χ2n) is 4.57. The van der Waals surface area contributed by atoms with Crippen molar-refractivity contribution in [2.24, 2.45) is 0 Å². The molecule has 0 bridgehead atoms. The molecule has 94 valence electrons. The lowest BCUT2D eigenvalue weighted by atomic mass is 10.2. The predicted molar refractivity (Wildman–Crippen MR) is 65.6 cm³/mol. The summed E-state index contributed by atoms with van der Waals surface area (Å²) in [6.07, 6.45) is 3.71. The first-order valence-electron chi connectivity index (χ1n) is 6.47. The number of nitrogens with zero attached hydrogens (tertiary/aromatic N) is 1. The lowest BCUT2D eigenvalue weighted by Crippen LogP contribution is -2.32. The van der Waals surface area contributed by atoms with Crippen LogP contribution in [0.15, 0.2) is 0 Å². The molecule has 4 heteroatoms. The Morgan fingerprint density at radius 1 is 1.47 bits per heavy atom. The van der Waals surface area contributed by atoms with E-state index in [0.29, 0.717) is 0 Å². The van der Waals surface area contributed by atoms with Crippen LogP contribution in [0.2, 0.25) is 0 Å². The van der Waals surface area contributed by atoms with Crippen LogP contribution in [0.5, 0.6) is 0 Å². The maximum atomic E-state index is 11.8. The molecule has 2 atom stereocenters. The van der Waals surface area contributed by atoms with Gasteiger partial charge in [-0.3, -0.25) is 5.32 Å². The van der Waals surface area contributed by atoms with Crippen molar-refractivity contribution in [3.63, 3.8) is 0 Å². The average molecular weight is 236 g/mol. The van der Waals surface area contributed by atoms with E-state index in [-0.39, 0.29) is 18.2 Å². The monoisotopic (exact) mass is 236 g/mol. The zero-order chi connectivity index (χ0) is 12.1. The van der Waals surface area contributed by atoms with Crippen LogP contribution < -0.4 is 5.32 Å². The van der Waals surface area contributed by atoms with E-state index in [1.807, 2.05) is 6.92 Å². The zero-order valence-corrected chi connectivity index (χ0v) is 10.4. The van der Waals surface area contributed by atoms with Gasteiger partial charge in [-0.1, -0.05) is 12.8 Å². The number of amides is 1. The van der Waals surface area contributed by atoms with Gasteiger partial charge in [0, 0.05) is 32.5 Å². The molecule has 1 amide bonds. The number of carbonyl (C=O) groups excluding carboxylic acids is 1. The first-order valence-corrected chi connectivity index (χ1v) is 6.47. The lowest BCUT2D eigenvalue weighted by molar-refractivity contribution is 0.0763. The zero-order valence-electron chi connectivity index (χ0n) is 10.4. The van der Waals surface area contributed by atoms with Crippen molar-refractivity contribution in [3.8, 4) is 11.8 Å². The molecule has 0 aromatic heterocycles. The number of ether oxygens (including phenoxy) is 1. The van der Waals surface area contributed by atoms with E-state index in [9.17, 15) is 4.79 Å². The van der Waals surface area contributed by atoms with Crippen LogP contribution in [-0.2, 0) is 4.74 Å². The van der Waals surface area contributed by atoms with Crippen LogP contribution in [-0.4, -0.2) is 42.8 Å². The van der Waals surface area contributed by atoms with Crippen LogP contribution in [0.25, 0.3) is 0 Å². The van der Waals surface area contributed by atoms with Crippen LogP contribution in [0.3, 0.4) is 0 Å². The minimum absolute atomic E-state index is 0.0146. The van der Waals surface area contributed by atoms with Gasteiger partial charge in [-0.05, 0) is 12.8 Å². The van der Waals surface area contributed by atoms with Crippen LogP contribution in [0, 0.1) is 11.8 Å². The van der Waals surface area contributed by atoms with E-state index < -0.39 is 0 Å². The fraction of sp³-hybridized carbons (Fsp3) is 0.769. The molecule has 4 nitrogen and oxygen atoms in total. The maximum Gasteiger partial charge on any atom is 0.410 e. The molecule has 0 spiro atoms. The van der Waals surface area contributed by atoms with Crippen molar-refractivity contribution >= 4 is 6.09 Å². The van der Waals surface area contributed by atoms with Gasteiger partial charge in [-0.2, -0.15) is 0 Å². The number of likely N-dealkylation sites (tertiary alicyclic amines) is 1. The van der Waals surface area contributed by atoms with Gasteiger partial charge in [0.15, 0.2) is 0 Å². The molecular weight excluding hydrogens is 216 g/mol. The summed E-state index contributed by atoms with van der Waals surface area (Å²) < 4.78 is 5.46. The first-order chi connectivity index (χ1) is 8.29. The second kappa shape index (κ2) is 5.92. The quantitative estimate of drug-likeness (QED) is 0.699. The third-order valence-electron chi connectivity index (χ3n) is 3.18. The highest BCUT2D eigenvalue weighted by molar-refractivity contribution is 5.68. The van der Waals surface area contributed by atoms with E-state index in [1.54, 1.807) is 4.90 Å².